The molecule has 2 aliphatic heterocycles. The van der Waals surface area contributed by atoms with Crippen molar-refractivity contribution in [2.45, 2.75) is 6.29 Å². The first-order chi connectivity index (χ1) is 30.5. The topological polar surface area (TPSA) is 210 Å². The van der Waals surface area contributed by atoms with E-state index in [-0.39, 0.29) is 41.1 Å². The first-order valence-electron chi connectivity index (χ1n) is 18.8. The lowest BCUT2D eigenvalue weighted by Crippen LogP contribution is -2.35. The molecule has 0 saturated carbocycles. The molecule has 8 aromatic rings. The van der Waals surface area contributed by atoms with Gasteiger partial charge in [0, 0.05) is 72.5 Å². The van der Waals surface area contributed by atoms with Crippen LogP contribution < -0.4 is 34.3 Å². The molecule has 19 nitrogen and oxygen atoms in total. The Bertz CT molecular complexity index is 3110. The van der Waals surface area contributed by atoms with Crippen molar-refractivity contribution in [1.82, 2.24) is 44.5 Å². The van der Waals surface area contributed by atoms with Crippen LogP contribution in [-0.2, 0) is 4.79 Å². The van der Waals surface area contributed by atoms with Crippen LogP contribution in [0, 0.1) is 0 Å². The van der Waals surface area contributed by atoms with E-state index in [1.165, 1.54) is 51.1 Å². The number of nitrogens with zero attached hydrogens (tertiary/aromatic N) is 11. The van der Waals surface area contributed by atoms with E-state index in [4.69, 9.17) is 4.74 Å². The van der Waals surface area contributed by atoms with E-state index in [9.17, 15) is 23.2 Å². The molecule has 6 aromatic heterocycles. The largest absolute Gasteiger partial charge is 0.586 e. The third-order valence-corrected chi connectivity index (χ3v) is 9.80. The second-order valence-corrected chi connectivity index (χ2v) is 13.8. The van der Waals surface area contributed by atoms with Gasteiger partial charge in [0.2, 0.25) is 0 Å². The lowest BCUT2D eigenvalue weighted by Gasteiger charge is -2.26. The maximum absolute atomic E-state index is 13.7. The van der Waals surface area contributed by atoms with E-state index in [0.717, 1.165) is 0 Å². The fourth-order valence-electron chi connectivity index (χ4n) is 6.79. The molecule has 0 fully saturated rings. The highest BCUT2D eigenvalue weighted by atomic mass is 19.3. The standard InChI is InChI=1S/C42H27F2N13O6/c1-54-30-4-2-26(17-34(30)61-23-39(54)58)50-40(59)28-19-31(24-6-9-45-10-7-24)57(53-28)38-22-55(15-14-49-38)36-16-25(8-11-47-36)32-20-29(52-56(32)37-21-46-12-13-48-37)41(60)51-27-3-5-33-35(18-27)63-42(43,44)62-33/h2-22H,23H2,1H3,(H-,50,51,59,60)/p+1. The minimum Gasteiger partial charge on any atom is -0.481 e. The van der Waals surface area contributed by atoms with Crippen molar-refractivity contribution >= 4 is 34.8 Å². The van der Waals surface area contributed by atoms with Crippen molar-refractivity contribution < 1.29 is 41.9 Å². The number of aromatic nitrogens is 10. The fraction of sp³-hybridized carbons (Fsp3) is 0.0714. The molecule has 310 valence electrons. The van der Waals surface area contributed by atoms with Crippen molar-refractivity contribution in [2.75, 3.05) is 29.2 Å². The second-order valence-electron chi connectivity index (χ2n) is 13.8. The molecule has 0 radical (unpaired) electrons. The van der Waals surface area contributed by atoms with Crippen LogP contribution in [0.25, 0.3) is 40.0 Å². The van der Waals surface area contributed by atoms with Crippen molar-refractivity contribution in [3.8, 4) is 57.2 Å². The molecule has 63 heavy (non-hydrogen) atoms. The Balaban J connectivity index is 0.962. The number of amides is 3. The fourth-order valence-corrected chi connectivity index (χ4v) is 6.79. The Morgan fingerprint density at radius 2 is 1.37 bits per heavy atom. The van der Waals surface area contributed by atoms with E-state index in [2.05, 4.69) is 55.2 Å². The third kappa shape index (κ3) is 7.45. The van der Waals surface area contributed by atoms with Crippen LogP contribution in [0.3, 0.4) is 0 Å². The maximum atomic E-state index is 13.7. The molecule has 0 bridgehead atoms. The van der Waals surface area contributed by atoms with Crippen molar-refractivity contribution in [3.05, 3.63) is 140 Å². The molecule has 10 rings (SSSR count). The highest BCUT2D eigenvalue weighted by Gasteiger charge is 2.43. The minimum absolute atomic E-state index is 0.0259. The van der Waals surface area contributed by atoms with Crippen LogP contribution in [0.1, 0.15) is 21.0 Å². The zero-order valence-electron chi connectivity index (χ0n) is 32.5. The van der Waals surface area contributed by atoms with Gasteiger partial charge in [0.1, 0.15) is 24.3 Å². The van der Waals surface area contributed by atoms with Crippen LogP contribution in [0.15, 0.2) is 129 Å². The number of nitrogens with one attached hydrogen (secondary N) is 2. The average Bonchev–Trinajstić information content (AvgIpc) is 4.04. The number of anilines is 3. The number of carbonyl (C=O) groups excluding carboxylic acids is 3. The summed E-state index contributed by atoms with van der Waals surface area (Å²) >= 11 is 0. The lowest BCUT2D eigenvalue weighted by atomic mass is 10.1. The second kappa shape index (κ2) is 15.2. The van der Waals surface area contributed by atoms with Crippen LogP contribution in [0.2, 0.25) is 0 Å². The third-order valence-electron chi connectivity index (χ3n) is 9.80. The zero-order chi connectivity index (χ0) is 43.2. The van der Waals surface area contributed by atoms with E-state index in [1.54, 1.807) is 103 Å². The highest BCUT2D eigenvalue weighted by Crippen LogP contribution is 2.42. The zero-order valence-corrected chi connectivity index (χ0v) is 32.5. The molecule has 2 N–H and O–H groups in total. The van der Waals surface area contributed by atoms with Gasteiger partial charge in [-0.05, 0) is 59.6 Å². The molecule has 3 amide bonds. The Morgan fingerprint density at radius 1 is 0.698 bits per heavy atom. The number of rotatable bonds is 9. The van der Waals surface area contributed by atoms with E-state index < -0.39 is 18.1 Å². The Kier molecular flexibility index (Phi) is 9.23. The summed E-state index contributed by atoms with van der Waals surface area (Å²) in [5, 5.41) is 14.7. The van der Waals surface area contributed by atoms with Gasteiger partial charge in [-0.15, -0.1) is 8.78 Å². The van der Waals surface area contributed by atoms with Crippen molar-refractivity contribution in [2.24, 2.45) is 0 Å². The number of fused-ring (bicyclic) bond motifs is 2. The quantitative estimate of drug-likeness (QED) is 0.187. The molecule has 2 aliphatic rings. The summed E-state index contributed by atoms with van der Waals surface area (Å²) in [5.41, 5.74) is 3.52. The van der Waals surface area contributed by atoms with Crippen molar-refractivity contribution in [1.29, 1.82) is 0 Å². The number of ether oxygens (including phenoxy) is 3. The first kappa shape index (κ1) is 38.2. The molecule has 0 atom stereocenters. The summed E-state index contributed by atoms with van der Waals surface area (Å²) in [6.45, 7) is -0.113. The summed E-state index contributed by atoms with van der Waals surface area (Å²) in [6, 6.07) is 19.1. The monoisotopic (exact) mass is 848 g/mol. The first-order valence-corrected chi connectivity index (χ1v) is 18.8. The van der Waals surface area contributed by atoms with Gasteiger partial charge in [-0.2, -0.15) is 14.8 Å². The van der Waals surface area contributed by atoms with Gasteiger partial charge in [-0.25, -0.2) is 19.3 Å². The van der Waals surface area contributed by atoms with Gasteiger partial charge in [-0.3, -0.25) is 24.4 Å². The van der Waals surface area contributed by atoms with Crippen LogP contribution in [0.4, 0.5) is 25.8 Å². The molecule has 21 heteroatoms. The normalized spacial score (nSPS) is 13.6. The molecule has 0 unspecified atom stereocenters. The summed E-state index contributed by atoms with van der Waals surface area (Å²) in [4.78, 5) is 62.7. The number of alkyl halides is 2. The van der Waals surface area contributed by atoms with E-state index in [0.29, 0.717) is 57.1 Å². The summed E-state index contributed by atoms with van der Waals surface area (Å²) in [5.74, 6) is -0.209. The van der Waals surface area contributed by atoms with Gasteiger partial charge in [0.25, 0.3) is 17.7 Å². The number of likely N-dealkylation sites (N-methyl/N-ethyl adjacent to an activating group) is 1. The smallest absolute Gasteiger partial charge is 0.481 e. The number of benzene rings is 2. The predicted molar refractivity (Wildman–Crippen MR) is 216 cm³/mol. The summed E-state index contributed by atoms with van der Waals surface area (Å²) < 4.78 is 46.5. The Morgan fingerprint density at radius 3 is 2.11 bits per heavy atom. The lowest BCUT2D eigenvalue weighted by molar-refractivity contribution is -0.600. The molecule has 2 aromatic carbocycles. The maximum Gasteiger partial charge on any atom is 0.586 e. The molecule has 8 heterocycles. The molecule has 0 saturated heterocycles. The number of hydrogen-bond donors (Lipinski definition) is 2. The Labute approximate surface area is 353 Å². The number of hydrogen-bond acceptors (Lipinski definition) is 13. The number of halogens is 2. The van der Waals surface area contributed by atoms with Gasteiger partial charge in [0.05, 0.1) is 29.5 Å². The summed E-state index contributed by atoms with van der Waals surface area (Å²) in [6.07, 6.45) is 10.4. The molecular weight excluding hydrogens is 821 g/mol. The predicted octanol–water partition coefficient (Wildman–Crippen LogP) is 4.83. The van der Waals surface area contributed by atoms with Gasteiger partial charge in [-0.1, -0.05) is 0 Å². The van der Waals surface area contributed by atoms with Gasteiger partial charge in [0.15, 0.2) is 41.1 Å². The van der Waals surface area contributed by atoms with Gasteiger partial charge >= 0.3 is 12.1 Å². The minimum atomic E-state index is -3.82. The SMILES string of the molecule is CN1C(=O)COc2cc(NC(=O)c3cc(-c4ccncc4)n(-c4c[n+](-c5cc(-c6cc(C(=O)Nc7ccc8c(c7)OC(F)(F)O8)nn6-c6cnccn6)ccn5)ccn4)n3)ccc21. The van der Waals surface area contributed by atoms with Gasteiger partial charge < -0.3 is 29.7 Å². The highest BCUT2D eigenvalue weighted by molar-refractivity contribution is 6.05. The molecule has 0 spiro atoms. The van der Waals surface area contributed by atoms with E-state index in [1.807, 2.05) is 0 Å². The van der Waals surface area contributed by atoms with Crippen LogP contribution in [-0.4, -0.2) is 82.2 Å². The molecule has 0 aliphatic carbocycles. The number of pyridine rings is 2. The number of carbonyl (C=O) groups is 3. The Hall–Kier alpha value is -9.01. The van der Waals surface area contributed by atoms with Crippen LogP contribution >= 0.6 is 0 Å². The average molecular weight is 849 g/mol. The van der Waals surface area contributed by atoms with Crippen molar-refractivity contribution in [3.63, 3.8) is 0 Å². The van der Waals surface area contributed by atoms with E-state index >= 15 is 0 Å². The summed E-state index contributed by atoms with van der Waals surface area (Å²) in [7, 11) is 1.65. The van der Waals surface area contributed by atoms with Crippen LogP contribution in [0.5, 0.6) is 17.2 Å². The molecular formula is C42H28F2N13O6+.